The average molecular weight is 610 g/mol. The lowest BCUT2D eigenvalue weighted by atomic mass is 9.77. The summed E-state index contributed by atoms with van der Waals surface area (Å²) in [6.45, 7) is 13.7. The molecule has 12 nitrogen and oxygen atoms in total. The number of esters is 2. The van der Waals surface area contributed by atoms with Gasteiger partial charge in [-0.3, -0.25) is 4.79 Å². The summed E-state index contributed by atoms with van der Waals surface area (Å²) in [6, 6.07) is -0.479. The highest BCUT2D eigenvalue weighted by atomic mass is 16.8. The second-order valence-electron chi connectivity index (χ2n) is 11.5. The van der Waals surface area contributed by atoms with Gasteiger partial charge in [-0.2, -0.15) is 0 Å². The van der Waals surface area contributed by atoms with E-state index in [0.29, 0.717) is 26.1 Å². The zero-order valence-electron chi connectivity index (χ0n) is 26.3. The maximum absolute atomic E-state index is 12.4. The summed E-state index contributed by atoms with van der Waals surface area (Å²) in [5.41, 5.74) is -3.07. The fraction of sp³-hybridized carbons (Fsp3) is 0.774. The van der Waals surface area contributed by atoms with Gasteiger partial charge < -0.3 is 43.6 Å². The predicted molar refractivity (Wildman–Crippen MR) is 152 cm³/mol. The van der Waals surface area contributed by atoms with Crippen molar-refractivity contribution in [3.8, 4) is 0 Å². The summed E-state index contributed by atoms with van der Waals surface area (Å²) in [5.74, 6) is -2.73. The number of aliphatic hydroxyl groups is 1. The molecule has 242 valence electrons. The molecule has 6 aliphatic rings. The molecule has 1 unspecified atom stereocenters. The number of carbonyl (C=O) groups is 3. The predicted octanol–water partition coefficient (Wildman–Crippen LogP) is 2.46. The van der Waals surface area contributed by atoms with E-state index in [1.807, 2.05) is 33.8 Å². The van der Waals surface area contributed by atoms with Crippen LogP contribution in [0.2, 0.25) is 0 Å². The number of ether oxygens (including phenoxy) is 7. The number of fused-ring (bicyclic) bond motifs is 2. The second kappa shape index (κ2) is 12.9. The topological polar surface area (TPSA) is 148 Å². The van der Waals surface area contributed by atoms with E-state index < -0.39 is 53.1 Å². The van der Waals surface area contributed by atoms with Gasteiger partial charge in [0.1, 0.15) is 18.3 Å². The molecule has 0 saturated carbocycles. The van der Waals surface area contributed by atoms with Crippen LogP contribution in [0.1, 0.15) is 74.1 Å². The Bertz CT molecular complexity index is 1100. The smallest absolute Gasteiger partial charge is 0.345 e. The fourth-order valence-corrected chi connectivity index (χ4v) is 6.41. The summed E-state index contributed by atoms with van der Waals surface area (Å²) in [6.07, 6.45) is 7.16. The molecule has 0 radical (unpaired) electrons. The van der Waals surface area contributed by atoms with Crippen LogP contribution >= 0.6 is 0 Å². The maximum atomic E-state index is 12.4. The Labute approximate surface area is 253 Å². The monoisotopic (exact) mass is 609 g/mol. The van der Waals surface area contributed by atoms with Crippen LogP contribution in [0.4, 0.5) is 0 Å². The Morgan fingerprint density at radius 1 is 0.791 bits per heavy atom. The van der Waals surface area contributed by atoms with Crippen molar-refractivity contribution in [2.24, 2.45) is 5.92 Å². The van der Waals surface area contributed by atoms with Crippen LogP contribution in [-0.4, -0.2) is 96.0 Å². The third-order valence-corrected chi connectivity index (χ3v) is 9.00. The highest BCUT2D eigenvalue weighted by molar-refractivity contribution is 5.84. The van der Waals surface area contributed by atoms with Crippen LogP contribution in [0, 0.1) is 5.92 Å². The molecule has 43 heavy (non-hydrogen) atoms. The van der Waals surface area contributed by atoms with Crippen LogP contribution in [-0.2, 0) is 47.5 Å². The van der Waals surface area contributed by atoms with Gasteiger partial charge >= 0.3 is 11.9 Å². The molecule has 2 aliphatic carbocycles. The van der Waals surface area contributed by atoms with E-state index in [1.165, 1.54) is 13.0 Å². The standard InChI is InChI=1S/C16H25NO6.C15H22O5/c1-5-15(6-2)22-12-11(17-10(4)18)8-9-16(20,13(12)23-15)14(19)21-7-3;1-4-14(5-2)19-11-10-7-8-15(18-9-10,12(11)20-14)13(16)17-6-3/h8-9,11-13,20H,5-7H2,1-4H3,(H,17,18);7-8,10-12H,4-6,9H2,1-3H3/t11-,12+,13+,16+;10-,11-,12-,15?/m10/s1. The molecule has 12 heteroatoms. The summed E-state index contributed by atoms with van der Waals surface area (Å²) < 4.78 is 40.3. The van der Waals surface area contributed by atoms with E-state index in [-0.39, 0.29) is 30.5 Å². The van der Waals surface area contributed by atoms with Gasteiger partial charge in [0.25, 0.3) is 0 Å². The van der Waals surface area contributed by atoms with Crippen molar-refractivity contribution in [3.63, 3.8) is 0 Å². The van der Waals surface area contributed by atoms with Gasteiger partial charge in [-0.05, 0) is 51.7 Å². The van der Waals surface area contributed by atoms with Gasteiger partial charge in [-0.25, -0.2) is 9.59 Å². The van der Waals surface area contributed by atoms with E-state index >= 15 is 0 Å². The van der Waals surface area contributed by atoms with E-state index in [2.05, 4.69) is 5.32 Å². The van der Waals surface area contributed by atoms with Gasteiger partial charge in [0, 0.05) is 12.8 Å². The highest BCUT2D eigenvalue weighted by Crippen LogP contribution is 2.49. The Kier molecular flexibility index (Phi) is 10.1. The Morgan fingerprint density at radius 2 is 1.35 bits per heavy atom. The van der Waals surface area contributed by atoms with Gasteiger partial charge in [-0.15, -0.1) is 0 Å². The molecule has 2 N–H and O–H groups in total. The van der Waals surface area contributed by atoms with Crippen molar-refractivity contribution < 1.29 is 52.6 Å². The lowest BCUT2D eigenvalue weighted by Gasteiger charge is -2.45. The largest absolute Gasteiger partial charge is 0.464 e. The molecule has 3 saturated heterocycles. The van der Waals surface area contributed by atoms with E-state index in [9.17, 15) is 19.5 Å². The number of hydrogen-bond donors (Lipinski definition) is 2. The van der Waals surface area contributed by atoms with E-state index in [1.54, 1.807) is 26.0 Å². The number of carbonyl (C=O) groups excluding carboxylic acids is 3. The van der Waals surface area contributed by atoms with Gasteiger partial charge in [0.2, 0.25) is 17.1 Å². The molecule has 3 fully saturated rings. The molecular weight excluding hydrogens is 562 g/mol. The molecule has 4 aliphatic heterocycles. The van der Waals surface area contributed by atoms with E-state index in [0.717, 1.165) is 12.8 Å². The van der Waals surface area contributed by atoms with Crippen LogP contribution in [0.5, 0.6) is 0 Å². The summed E-state index contributed by atoms with van der Waals surface area (Å²) in [7, 11) is 0. The average Bonchev–Trinajstić information content (AvgIpc) is 3.62. The Balaban J connectivity index is 0.000000198. The highest BCUT2D eigenvalue weighted by Gasteiger charge is 2.65. The van der Waals surface area contributed by atoms with E-state index in [4.69, 9.17) is 33.2 Å². The molecular formula is C31H47NO11. The van der Waals surface area contributed by atoms with Crippen LogP contribution < -0.4 is 5.32 Å². The van der Waals surface area contributed by atoms with Crippen molar-refractivity contribution in [3.05, 3.63) is 24.3 Å². The quantitative estimate of drug-likeness (QED) is 0.293. The molecule has 0 aromatic heterocycles. The first-order valence-corrected chi connectivity index (χ1v) is 15.5. The first kappa shape index (κ1) is 33.5. The number of hydrogen-bond acceptors (Lipinski definition) is 11. The van der Waals surface area contributed by atoms with Crippen molar-refractivity contribution >= 4 is 17.8 Å². The molecule has 0 aromatic rings. The zero-order chi connectivity index (χ0) is 31.6. The Hall–Kier alpha value is -2.35. The summed E-state index contributed by atoms with van der Waals surface area (Å²) >= 11 is 0. The first-order chi connectivity index (χ1) is 20.4. The minimum Gasteiger partial charge on any atom is -0.464 e. The van der Waals surface area contributed by atoms with Crippen LogP contribution in [0.25, 0.3) is 0 Å². The van der Waals surface area contributed by atoms with Crippen LogP contribution in [0.15, 0.2) is 24.3 Å². The molecule has 6 rings (SSSR count). The normalized spacial score (nSPS) is 37.5. The van der Waals surface area contributed by atoms with Gasteiger partial charge in [0.05, 0.1) is 32.0 Å². The Morgan fingerprint density at radius 3 is 1.86 bits per heavy atom. The maximum Gasteiger partial charge on any atom is 0.345 e. The van der Waals surface area contributed by atoms with Crippen molar-refractivity contribution in [2.75, 3.05) is 19.8 Å². The minimum absolute atomic E-state index is 0.127. The van der Waals surface area contributed by atoms with Crippen molar-refractivity contribution in [1.82, 2.24) is 5.32 Å². The molecule has 1 amide bonds. The second-order valence-corrected chi connectivity index (χ2v) is 11.5. The van der Waals surface area contributed by atoms with Crippen molar-refractivity contribution in [1.29, 1.82) is 0 Å². The van der Waals surface area contributed by atoms with Crippen LogP contribution in [0.3, 0.4) is 0 Å². The lowest BCUT2D eigenvalue weighted by Crippen LogP contribution is -2.63. The summed E-state index contributed by atoms with van der Waals surface area (Å²) in [5, 5.41) is 13.6. The molecule has 0 spiro atoms. The lowest BCUT2D eigenvalue weighted by molar-refractivity contribution is -0.209. The third-order valence-electron chi connectivity index (χ3n) is 9.00. The third kappa shape index (κ3) is 5.89. The molecule has 8 atom stereocenters. The molecule has 2 bridgehead atoms. The number of nitrogens with one attached hydrogen (secondary N) is 1. The fourth-order valence-electron chi connectivity index (χ4n) is 6.41. The number of rotatable bonds is 9. The van der Waals surface area contributed by atoms with Crippen molar-refractivity contribution in [2.45, 2.75) is 127 Å². The summed E-state index contributed by atoms with van der Waals surface area (Å²) in [4.78, 5) is 36.0. The molecule has 0 aromatic carbocycles. The van der Waals surface area contributed by atoms with Gasteiger partial charge in [0.15, 0.2) is 11.6 Å². The zero-order valence-corrected chi connectivity index (χ0v) is 26.3. The van der Waals surface area contributed by atoms with Gasteiger partial charge in [-0.1, -0.05) is 39.8 Å². The SMILES string of the molecule is CCOC(=O)C12C=C[C@@H](CO1)[C@@H]1OC(CC)(CC)O[C@@H]12.CCOC(=O)[C@]1(O)C=C[C@@H](NC(C)=O)[C@@H]2OC(CC)(CC)O[C@@H]21. The number of amides is 1. The molecule has 4 heterocycles. The first-order valence-electron chi connectivity index (χ1n) is 15.5. The minimum atomic E-state index is -1.93.